The summed E-state index contributed by atoms with van der Waals surface area (Å²) in [6, 6.07) is 13.6. The quantitative estimate of drug-likeness (QED) is 0.218. The van der Waals surface area contributed by atoms with E-state index >= 15 is 0 Å². The Morgan fingerprint density at radius 2 is 1.43 bits per heavy atom. The summed E-state index contributed by atoms with van der Waals surface area (Å²) in [5.74, 6) is -1.14. The second-order valence-electron chi connectivity index (χ2n) is 6.49. The van der Waals surface area contributed by atoms with Crippen molar-refractivity contribution in [3.63, 3.8) is 0 Å². The Labute approximate surface area is 194 Å². The number of hydrogen-bond donors (Lipinski definition) is 3. The maximum Gasteiger partial charge on any atom is 1.00 e. The largest absolute Gasteiger partial charge is 1.00 e. The van der Waals surface area contributed by atoms with Crippen molar-refractivity contribution in [1.29, 1.82) is 0 Å². The first-order valence-electron chi connectivity index (χ1n) is 8.42. The number of hydrogen-bond acceptors (Lipinski definition) is 8. The molecule has 5 N–H and O–H groups in total. The Morgan fingerprint density at radius 1 is 0.833 bits per heavy atom. The van der Waals surface area contributed by atoms with Gasteiger partial charge in [-0.3, -0.25) is 9.59 Å². The maximum absolute atomic E-state index is 13.1. The molecule has 0 saturated carbocycles. The van der Waals surface area contributed by atoms with Gasteiger partial charge in [-0.05, 0) is 24.3 Å². The van der Waals surface area contributed by atoms with Gasteiger partial charge in [0, 0.05) is 22.5 Å². The van der Waals surface area contributed by atoms with Gasteiger partial charge in [0.05, 0.1) is 27.4 Å². The molecule has 30 heavy (non-hydrogen) atoms. The molecular formula is C20H14N3NaO5S. The van der Waals surface area contributed by atoms with Gasteiger partial charge in [-0.2, -0.15) is 0 Å². The van der Waals surface area contributed by atoms with Crippen LogP contribution in [-0.4, -0.2) is 24.5 Å². The number of nitrogens with one attached hydrogen (secondary N) is 1. The number of fused-ring (bicyclic) bond motifs is 2. The van der Waals surface area contributed by atoms with Crippen LogP contribution in [0.5, 0.6) is 0 Å². The van der Waals surface area contributed by atoms with Crippen molar-refractivity contribution in [2.45, 2.75) is 4.90 Å². The zero-order chi connectivity index (χ0) is 20.9. The van der Waals surface area contributed by atoms with Crippen molar-refractivity contribution in [1.82, 2.24) is 0 Å². The Balaban J connectivity index is 0.00000256. The van der Waals surface area contributed by atoms with Gasteiger partial charge in [0.2, 0.25) is 0 Å². The van der Waals surface area contributed by atoms with Crippen LogP contribution in [0.2, 0.25) is 0 Å². The molecule has 0 fully saturated rings. The van der Waals surface area contributed by atoms with Gasteiger partial charge < -0.3 is 21.3 Å². The van der Waals surface area contributed by atoms with Crippen LogP contribution in [0.25, 0.3) is 0 Å². The third kappa shape index (κ3) is 3.62. The van der Waals surface area contributed by atoms with Gasteiger partial charge in [-0.25, -0.2) is 8.42 Å². The van der Waals surface area contributed by atoms with Crippen LogP contribution in [0.4, 0.5) is 22.7 Å². The van der Waals surface area contributed by atoms with E-state index in [-0.39, 0.29) is 57.5 Å². The van der Waals surface area contributed by atoms with Crippen LogP contribution >= 0.6 is 0 Å². The summed E-state index contributed by atoms with van der Waals surface area (Å²) in [4.78, 5) is 25.4. The van der Waals surface area contributed by atoms with E-state index < -0.39 is 32.3 Å². The Bertz CT molecular complexity index is 1320. The molecule has 0 amide bonds. The van der Waals surface area contributed by atoms with E-state index in [0.717, 1.165) is 6.07 Å². The minimum absolute atomic E-state index is 0. The van der Waals surface area contributed by atoms with E-state index in [4.69, 9.17) is 11.5 Å². The maximum atomic E-state index is 13.1. The third-order valence-electron chi connectivity index (χ3n) is 4.63. The zero-order valence-corrected chi connectivity index (χ0v) is 18.6. The van der Waals surface area contributed by atoms with Gasteiger partial charge in [0.1, 0.15) is 10.1 Å². The number of nitrogens with two attached hydrogens (primary N) is 2. The number of carbonyl (C=O) groups is 2. The second-order valence-corrected chi connectivity index (χ2v) is 7.84. The average molecular weight is 431 g/mol. The van der Waals surface area contributed by atoms with Crippen LogP contribution < -0.4 is 46.3 Å². The molecule has 0 unspecified atom stereocenters. The summed E-state index contributed by atoms with van der Waals surface area (Å²) in [5, 5.41) is 2.88. The molecule has 8 nitrogen and oxygen atoms in total. The van der Waals surface area contributed by atoms with Crippen molar-refractivity contribution in [2.75, 3.05) is 16.8 Å². The summed E-state index contributed by atoms with van der Waals surface area (Å²) in [5.41, 5.74) is 11.8. The fraction of sp³-hybridized carbons (Fsp3) is 0. The Kier molecular flexibility index (Phi) is 5.76. The van der Waals surface area contributed by atoms with Gasteiger partial charge in [0.25, 0.3) is 0 Å². The van der Waals surface area contributed by atoms with Crippen molar-refractivity contribution in [2.24, 2.45) is 0 Å². The molecule has 1 aliphatic rings. The topological polar surface area (TPSA) is 155 Å². The van der Waals surface area contributed by atoms with Crippen LogP contribution in [0.15, 0.2) is 59.5 Å². The van der Waals surface area contributed by atoms with Crippen LogP contribution in [-0.2, 0) is 10.1 Å². The van der Waals surface area contributed by atoms with E-state index in [9.17, 15) is 22.6 Å². The fourth-order valence-electron chi connectivity index (χ4n) is 3.37. The molecule has 4 rings (SSSR count). The molecule has 146 valence electrons. The van der Waals surface area contributed by atoms with E-state index in [0.29, 0.717) is 11.4 Å². The van der Waals surface area contributed by atoms with Crippen LogP contribution in [0.3, 0.4) is 0 Å². The zero-order valence-electron chi connectivity index (χ0n) is 15.8. The molecule has 0 bridgehead atoms. The van der Waals surface area contributed by atoms with Crippen LogP contribution in [0.1, 0.15) is 31.8 Å². The molecule has 0 saturated heterocycles. The molecule has 0 aliphatic heterocycles. The van der Waals surface area contributed by atoms with Gasteiger partial charge >= 0.3 is 29.6 Å². The van der Waals surface area contributed by atoms with E-state index in [1.807, 2.05) is 0 Å². The number of benzene rings is 3. The number of ketones is 2. The van der Waals surface area contributed by atoms with Gasteiger partial charge in [-0.1, -0.05) is 30.3 Å². The predicted molar refractivity (Wildman–Crippen MR) is 106 cm³/mol. The SMILES string of the molecule is Nc1cccc(Nc2cc(S(=O)(=O)[O-])c(N)c3c2C(=O)c2ccccc2C3=O)c1.[Na+]. The molecule has 0 heterocycles. The molecule has 1 aliphatic carbocycles. The normalized spacial score (nSPS) is 12.6. The number of carbonyl (C=O) groups excluding carboxylic acids is 2. The average Bonchev–Trinajstić information content (AvgIpc) is 2.66. The molecular weight excluding hydrogens is 417 g/mol. The molecule has 10 heteroatoms. The molecule has 3 aromatic carbocycles. The summed E-state index contributed by atoms with van der Waals surface area (Å²) in [6.07, 6.45) is 0. The van der Waals surface area contributed by atoms with E-state index in [1.165, 1.54) is 12.1 Å². The number of rotatable bonds is 3. The molecule has 0 spiro atoms. The number of nitrogen functional groups attached to an aromatic ring is 2. The molecule has 0 aromatic heterocycles. The predicted octanol–water partition coefficient (Wildman–Crippen LogP) is -0.722. The number of anilines is 4. The standard InChI is InChI=1S/C20H15N3O5S.Na/c21-10-4-3-5-11(8-10)23-14-9-15(29(26,27)28)18(22)17-16(14)19(24)12-6-1-2-7-13(12)20(17)25;/h1-9,23H,21-22H2,(H,26,27,28);/q;+1/p-1. The molecule has 3 aromatic rings. The smallest absolute Gasteiger partial charge is 0.744 e. The fourth-order valence-corrected chi connectivity index (χ4v) is 4.00. The minimum Gasteiger partial charge on any atom is -0.744 e. The minimum atomic E-state index is -5.01. The first kappa shape index (κ1) is 22.0. The van der Waals surface area contributed by atoms with E-state index in [2.05, 4.69) is 5.32 Å². The second kappa shape index (κ2) is 7.86. The summed E-state index contributed by atoms with van der Waals surface area (Å²) in [7, 11) is -5.01. The monoisotopic (exact) mass is 431 g/mol. The Morgan fingerprint density at radius 3 is 2.00 bits per heavy atom. The molecule has 0 atom stereocenters. The van der Waals surface area contributed by atoms with E-state index in [1.54, 1.807) is 36.4 Å². The molecule has 0 radical (unpaired) electrons. The van der Waals surface area contributed by atoms with Crippen LogP contribution in [0, 0.1) is 0 Å². The van der Waals surface area contributed by atoms with Gasteiger partial charge in [-0.15, -0.1) is 0 Å². The third-order valence-corrected chi connectivity index (χ3v) is 5.51. The van der Waals surface area contributed by atoms with Crippen molar-refractivity contribution in [3.8, 4) is 0 Å². The van der Waals surface area contributed by atoms with Crippen molar-refractivity contribution >= 4 is 44.4 Å². The Hall–Kier alpha value is -2.69. The van der Waals surface area contributed by atoms with Gasteiger partial charge in [0.15, 0.2) is 11.6 Å². The van der Waals surface area contributed by atoms with Crippen molar-refractivity contribution < 1.29 is 52.1 Å². The van der Waals surface area contributed by atoms with Crippen molar-refractivity contribution in [3.05, 3.63) is 76.9 Å². The summed E-state index contributed by atoms with van der Waals surface area (Å²) < 4.78 is 35.3. The summed E-state index contributed by atoms with van der Waals surface area (Å²) >= 11 is 0. The summed E-state index contributed by atoms with van der Waals surface area (Å²) in [6.45, 7) is 0. The first-order chi connectivity index (χ1) is 13.7. The first-order valence-corrected chi connectivity index (χ1v) is 9.82.